The van der Waals surface area contributed by atoms with Gasteiger partial charge in [-0.3, -0.25) is 4.98 Å². The van der Waals surface area contributed by atoms with E-state index in [4.69, 9.17) is 16.0 Å². The van der Waals surface area contributed by atoms with Crippen molar-refractivity contribution >= 4 is 22.6 Å². The molecule has 3 rings (SSSR count). The van der Waals surface area contributed by atoms with E-state index < -0.39 is 0 Å². The van der Waals surface area contributed by atoms with Gasteiger partial charge in [-0.1, -0.05) is 30.7 Å². The van der Waals surface area contributed by atoms with Crippen molar-refractivity contribution in [1.29, 1.82) is 0 Å². The molecule has 1 aromatic carbocycles. The molecule has 1 atom stereocenters. The Labute approximate surface area is 122 Å². The highest BCUT2D eigenvalue weighted by molar-refractivity contribution is 6.34. The summed E-state index contributed by atoms with van der Waals surface area (Å²) in [7, 11) is 0. The Morgan fingerprint density at radius 2 is 2.05 bits per heavy atom. The fourth-order valence-electron chi connectivity index (χ4n) is 2.33. The van der Waals surface area contributed by atoms with Gasteiger partial charge in [0.25, 0.3) is 0 Å². The average Bonchev–Trinajstić information content (AvgIpc) is 2.91. The zero-order chi connectivity index (χ0) is 13.9. The Bertz CT molecular complexity index is 709. The maximum Gasteiger partial charge on any atom is 0.152 e. The summed E-state index contributed by atoms with van der Waals surface area (Å²) in [5.41, 5.74) is 1.86. The molecule has 0 spiro atoms. The van der Waals surface area contributed by atoms with E-state index in [0.29, 0.717) is 5.02 Å². The summed E-state index contributed by atoms with van der Waals surface area (Å²) in [5.74, 6) is 0.862. The number of aromatic nitrogens is 1. The minimum Gasteiger partial charge on any atom is -0.457 e. The van der Waals surface area contributed by atoms with Gasteiger partial charge in [-0.25, -0.2) is 0 Å². The van der Waals surface area contributed by atoms with Crippen molar-refractivity contribution in [3.05, 3.63) is 65.1 Å². The fourth-order valence-corrected chi connectivity index (χ4v) is 2.55. The van der Waals surface area contributed by atoms with Crippen LogP contribution in [0.3, 0.4) is 0 Å². The molecule has 0 bridgehead atoms. The van der Waals surface area contributed by atoms with Gasteiger partial charge in [0.15, 0.2) is 5.58 Å². The van der Waals surface area contributed by atoms with Crippen molar-refractivity contribution in [1.82, 2.24) is 10.3 Å². The minimum absolute atomic E-state index is 0.00599. The molecule has 1 N–H and O–H groups in total. The Hall–Kier alpha value is -1.84. The molecule has 0 aliphatic rings. The molecule has 0 fully saturated rings. The highest BCUT2D eigenvalue weighted by atomic mass is 35.5. The summed E-state index contributed by atoms with van der Waals surface area (Å²) in [4.78, 5) is 4.06. The predicted octanol–water partition coefficient (Wildman–Crippen LogP) is 4.18. The van der Waals surface area contributed by atoms with Crippen LogP contribution in [0.15, 0.2) is 53.2 Å². The number of para-hydroxylation sites is 1. The second-order valence-corrected chi connectivity index (χ2v) is 4.99. The van der Waals surface area contributed by atoms with Gasteiger partial charge < -0.3 is 9.73 Å². The third kappa shape index (κ3) is 2.42. The number of hydrogen-bond donors (Lipinski definition) is 1. The number of fused-ring (bicyclic) bond motifs is 1. The monoisotopic (exact) mass is 286 g/mol. The van der Waals surface area contributed by atoms with Crippen molar-refractivity contribution in [3.63, 3.8) is 0 Å². The van der Waals surface area contributed by atoms with Gasteiger partial charge in [-0.2, -0.15) is 0 Å². The van der Waals surface area contributed by atoms with E-state index in [9.17, 15) is 0 Å². The summed E-state index contributed by atoms with van der Waals surface area (Å²) in [6.45, 7) is 2.92. The van der Waals surface area contributed by atoms with E-state index in [1.165, 1.54) is 0 Å². The van der Waals surface area contributed by atoms with Crippen LogP contribution in [0.4, 0.5) is 0 Å². The molecule has 2 aromatic heterocycles. The molecule has 0 aliphatic carbocycles. The topological polar surface area (TPSA) is 38.1 Å². The molecule has 0 saturated heterocycles. The molecule has 102 valence electrons. The second-order valence-electron chi connectivity index (χ2n) is 4.58. The van der Waals surface area contributed by atoms with E-state index in [0.717, 1.165) is 28.8 Å². The van der Waals surface area contributed by atoms with Gasteiger partial charge in [-0.15, -0.1) is 0 Å². The maximum atomic E-state index is 6.17. The number of pyridine rings is 1. The summed E-state index contributed by atoms with van der Waals surface area (Å²) >= 11 is 6.17. The van der Waals surface area contributed by atoms with E-state index in [1.54, 1.807) is 12.4 Å². The second kappa shape index (κ2) is 5.65. The van der Waals surface area contributed by atoms with Crippen LogP contribution < -0.4 is 5.32 Å². The highest BCUT2D eigenvalue weighted by Gasteiger charge is 2.18. The number of halogens is 1. The molecule has 2 heterocycles. The SMILES string of the molecule is CCNC(c1ccncc1)c1cc2cccc(Cl)c2o1. The standard InChI is InChI=1S/C16H15ClN2O/c1-2-19-15(11-6-8-18-9-7-11)14-10-12-4-3-5-13(17)16(12)20-14/h3-10,15,19H,2H2,1H3. The van der Waals surface area contributed by atoms with Crippen molar-refractivity contribution in [2.24, 2.45) is 0 Å². The first kappa shape index (κ1) is 13.2. The molecule has 1 unspecified atom stereocenters. The van der Waals surface area contributed by atoms with Crippen LogP contribution in [0.1, 0.15) is 24.3 Å². The number of benzene rings is 1. The molecule has 0 aliphatic heterocycles. The van der Waals surface area contributed by atoms with Crippen LogP contribution in [-0.2, 0) is 0 Å². The van der Waals surface area contributed by atoms with Gasteiger partial charge in [0.2, 0.25) is 0 Å². The van der Waals surface area contributed by atoms with Crippen molar-refractivity contribution in [2.45, 2.75) is 13.0 Å². The first-order valence-corrected chi connectivity index (χ1v) is 6.98. The molecule has 0 saturated carbocycles. The third-order valence-corrected chi connectivity index (χ3v) is 3.54. The van der Waals surface area contributed by atoms with Crippen LogP contribution >= 0.6 is 11.6 Å². The zero-order valence-electron chi connectivity index (χ0n) is 11.1. The Balaban J connectivity index is 2.08. The molecular weight excluding hydrogens is 272 g/mol. The van der Waals surface area contributed by atoms with Crippen LogP contribution in [0.25, 0.3) is 11.0 Å². The highest BCUT2D eigenvalue weighted by Crippen LogP contribution is 2.31. The normalized spacial score (nSPS) is 12.7. The van der Waals surface area contributed by atoms with Gasteiger partial charge >= 0.3 is 0 Å². The summed E-state index contributed by atoms with van der Waals surface area (Å²) in [5, 5.41) is 5.09. The minimum atomic E-state index is 0.00599. The molecule has 0 radical (unpaired) electrons. The lowest BCUT2D eigenvalue weighted by Crippen LogP contribution is -2.21. The quantitative estimate of drug-likeness (QED) is 0.782. The maximum absolute atomic E-state index is 6.17. The van der Waals surface area contributed by atoms with Crippen molar-refractivity contribution in [2.75, 3.05) is 6.54 Å². The number of hydrogen-bond acceptors (Lipinski definition) is 3. The predicted molar refractivity (Wildman–Crippen MR) is 81.0 cm³/mol. The van der Waals surface area contributed by atoms with Crippen LogP contribution in [0.2, 0.25) is 5.02 Å². The molecule has 20 heavy (non-hydrogen) atoms. The zero-order valence-corrected chi connectivity index (χ0v) is 11.9. The molecule has 4 heteroatoms. The van der Waals surface area contributed by atoms with Crippen LogP contribution in [0, 0.1) is 0 Å². The third-order valence-electron chi connectivity index (χ3n) is 3.25. The van der Waals surface area contributed by atoms with Gasteiger partial charge in [0, 0.05) is 17.8 Å². The lowest BCUT2D eigenvalue weighted by Gasteiger charge is -2.15. The summed E-state index contributed by atoms with van der Waals surface area (Å²) < 4.78 is 5.95. The fraction of sp³-hybridized carbons (Fsp3) is 0.188. The van der Waals surface area contributed by atoms with Gasteiger partial charge in [-0.05, 0) is 36.4 Å². The molecule has 3 aromatic rings. The van der Waals surface area contributed by atoms with Crippen molar-refractivity contribution < 1.29 is 4.42 Å². The van der Waals surface area contributed by atoms with Crippen LogP contribution in [0.5, 0.6) is 0 Å². The van der Waals surface area contributed by atoms with E-state index in [1.807, 2.05) is 36.4 Å². The van der Waals surface area contributed by atoms with E-state index in [-0.39, 0.29) is 6.04 Å². The summed E-state index contributed by atoms with van der Waals surface area (Å²) in [6, 6.07) is 11.8. The Kier molecular flexibility index (Phi) is 3.72. The number of furan rings is 1. The first-order chi connectivity index (χ1) is 9.79. The molecular formula is C16H15ClN2O. The number of rotatable bonds is 4. The largest absolute Gasteiger partial charge is 0.457 e. The lowest BCUT2D eigenvalue weighted by molar-refractivity contribution is 0.477. The number of nitrogens with zero attached hydrogens (tertiary/aromatic N) is 1. The Morgan fingerprint density at radius 1 is 1.25 bits per heavy atom. The van der Waals surface area contributed by atoms with Gasteiger partial charge in [0.05, 0.1) is 11.1 Å². The first-order valence-electron chi connectivity index (χ1n) is 6.61. The van der Waals surface area contributed by atoms with Crippen LogP contribution in [-0.4, -0.2) is 11.5 Å². The lowest BCUT2D eigenvalue weighted by atomic mass is 10.1. The van der Waals surface area contributed by atoms with Crippen molar-refractivity contribution in [3.8, 4) is 0 Å². The average molecular weight is 287 g/mol. The molecule has 3 nitrogen and oxygen atoms in total. The Morgan fingerprint density at radius 3 is 2.75 bits per heavy atom. The van der Waals surface area contributed by atoms with E-state index in [2.05, 4.69) is 17.2 Å². The van der Waals surface area contributed by atoms with E-state index >= 15 is 0 Å². The van der Waals surface area contributed by atoms with Gasteiger partial charge in [0.1, 0.15) is 5.76 Å². The summed E-state index contributed by atoms with van der Waals surface area (Å²) in [6.07, 6.45) is 3.57. The molecule has 0 amide bonds. The number of nitrogens with one attached hydrogen (secondary N) is 1. The smallest absolute Gasteiger partial charge is 0.152 e.